The largest absolute Gasteiger partial charge is 0.507 e. The molecule has 2 aromatic carbocycles. The van der Waals surface area contributed by atoms with Crippen LogP contribution in [0.1, 0.15) is 16.2 Å². The van der Waals surface area contributed by atoms with Gasteiger partial charge in [-0.15, -0.1) is 0 Å². The zero-order valence-electron chi connectivity index (χ0n) is 12.4. The quantitative estimate of drug-likeness (QED) is 0.711. The van der Waals surface area contributed by atoms with Gasteiger partial charge in [-0.2, -0.15) is 5.10 Å². The van der Waals surface area contributed by atoms with Crippen LogP contribution in [-0.2, 0) is 6.54 Å². The van der Waals surface area contributed by atoms with Crippen LogP contribution in [0, 0.1) is 6.92 Å². The molecule has 5 nitrogen and oxygen atoms in total. The number of para-hydroxylation sites is 1. The molecule has 0 fully saturated rings. The number of phenolic OH excluding ortho intramolecular Hbond substituents is 1. The van der Waals surface area contributed by atoms with E-state index < -0.39 is 0 Å². The number of aryl methyl sites for hydroxylation is 1. The van der Waals surface area contributed by atoms with Crippen molar-refractivity contribution in [3.63, 3.8) is 0 Å². The summed E-state index contributed by atoms with van der Waals surface area (Å²) < 4.78 is 2.47. The maximum atomic E-state index is 12.3. The Hall–Kier alpha value is -2.47. The molecule has 6 heteroatoms. The van der Waals surface area contributed by atoms with Gasteiger partial charge in [-0.1, -0.05) is 40.2 Å². The number of carbonyl (C=O) groups is 1. The van der Waals surface area contributed by atoms with E-state index in [9.17, 15) is 9.90 Å². The SMILES string of the molecule is Cc1nc(-c2ccccc2O)nn1CC(=O)c1ccc(Br)cc1. The highest BCUT2D eigenvalue weighted by Gasteiger charge is 2.14. The summed E-state index contributed by atoms with van der Waals surface area (Å²) in [5, 5.41) is 14.2. The number of carbonyl (C=O) groups excluding carboxylic acids is 1. The first-order valence-corrected chi connectivity index (χ1v) is 7.82. The second-order valence-electron chi connectivity index (χ2n) is 5.09. The Kier molecular flexibility index (Phi) is 4.25. The predicted octanol–water partition coefficient (Wildman–Crippen LogP) is 3.60. The van der Waals surface area contributed by atoms with Crippen LogP contribution in [0.2, 0.25) is 0 Å². The Morgan fingerprint density at radius 1 is 1.17 bits per heavy atom. The minimum absolute atomic E-state index is 0.0469. The molecule has 0 radical (unpaired) electrons. The standard InChI is InChI=1S/C17H14BrN3O2/c1-11-19-17(14-4-2-3-5-15(14)22)20-21(11)10-16(23)12-6-8-13(18)9-7-12/h2-9,22H,10H2,1H3. The lowest BCUT2D eigenvalue weighted by Gasteiger charge is -2.03. The summed E-state index contributed by atoms with van der Waals surface area (Å²) in [6, 6.07) is 14.1. The minimum atomic E-state index is -0.0469. The number of rotatable bonds is 4. The van der Waals surface area contributed by atoms with Gasteiger partial charge >= 0.3 is 0 Å². The third-order valence-electron chi connectivity index (χ3n) is 3.46. The van der Waals surface area contributed by atoms with Gasteiger partial charge in [-0.05, 0) is 31.2 Å². The van der Waals surface area contributed by atoms with Crippen molar-refractivity contribution in [1.82, 2.24) is 14.8 Å². The molecule has 1 heterocycles. The summed E-state index contributed by atoms with van der Waals surface area (Å²) >= 11 is 3.35. The number of aromatic hydroxyl groups is 1. The molecule has 0 aliphatic heterocycles. The lowest BCUT2D eigenvalue weighted by atomic mass is 10.1. The number of phenols is 1. The molecule has 0 spiro atoms. The molecule has 3 aromatic rings. The Labute approximate surface area is 141 Å². The van der Waals surface area contributed by atoms with E-state index in [1.54, 1.807) is 48.0 Å². The Morgan fingerprint density at radius 3 is 2.57 bits per heavy atom. The van der Waals surface area contributed by atoms with E-state index in [-0.39, 0.29) is 18.1 Å². The van der Waals surface area contributed by atoms with Crippen molar-refractivity contribution in [2.24, 2.45) is 0 Å². The number of ketones is 1. The van der Waals surface area contributed by atoms with E-state index in [2.05, 4.69) is 26.0 Å². The van der Waals surface area contributed by atoms with Gasteiger partial charge in [0.25, 0.3) is 0 Å². The summed E-state index contributed by atoms with van der Waals surface area (Å²) in [6.45, 7) is 1.89. The number of aromatic nitrogens is 3. The fraction of sp³-hybridized carbons (Fsp3) is 0.118. The molecular weight excluding hydrogens is 358 g/mol. The van der Waals surface area contributed by atoms with Crippen LogP contribution >= 0.6 is 15.9 Å². The van der Waals surface area contributed by atoms with E-state index in [1.165, 1.54) is 0 Å². The van der Waals surface area contributed by atoms with E-state index >= 15 is 0 Å². The van der Waals surface area contributed by atoms with E-state index in [0.717, 1.165) is 4.47 Å². The first-order chi connectivity index (χ1) is 11.0. The Bertz CT molecular complexity index is 857. The first-order valence-electron chi connectivity index (χ1n) is 7.03. The topological polar surface area (TPSA) is 68.0 Å². The van der Waals surface area contributed by atoms with Crippen molar-refractivity contribution < 1.29 is 9.90 Å². The molecule has 3 rings (SSSR count). The van der Waals surface area contributed by atoms with Crippen LogP contribution in [0.5, 0.6) is 5.75 Å². The highest BCUT2D eigenvalue weighted by atomic mass is 79.9. The van der Waals surface area contributed by atoms with Crippen LogP contribution < -0.4 is 0 Å². The number of hydrogen-bond acceptors (Lipinski definition) is 4. The maximum Gasteiger partial charge on any atom is 0.185 e. The number of halogens is 1. The molecule has 0 saturated heterocycles. The lowest BCUT2D eigenvalue weighted by molar-refractivity contribution is 0.0966. The first kappa shape index (κ1) is 15.4. The van der Waals surface area contributed by atoms with Gasteiger partial charge in [0.05, 0.1) is 5.56 Å². The number of nitrogens with zero attached hydrogens (tertiary/aromatic N) is 3. The van der Waals surface area contributed by atoms with Gasteiger partial charge in [0.1, 0.15) is 18.1 Å². The van der Waals surface area contributed by atoms with E-state index in [1.807, 2.05) is 12.1 Å². The fourth-order valence-corrected chi connectivity index (χ4v) is 2.47. The molecule has 0 amide bonds. The monoisotopic (exact) mass is 371 g/mol. The summed E-state index contributed by atoms with van der Waals surface area (Å²) in [7, 11) is 0. The summed E-state index contributed by atoms with van der Waals surface area (Å²) in [5.74, 6) is 1.09. The highest BCUT2D eigenvalue weighted by molar-refractivity contribution is 9.10. The molecule has 1 aromatic heterocycles. The molecule has 0 aliphatic carbocycles. The van der Waals surface area contributed by atoms with Crippen molar-refractivity contribution in [3.05, 3.63) is 64.4 Å². The van der Waals surface area contributed by atoms with Crippen molar-refractivity contribution in [3.8, 4) is 17.1 Å². The van der Waals surface area contributed by atoms with Crippen LogP contribution in [0.4, 0.5) is 0 Å². The molecule has 23 heavy (non-hydrogen) atoms. The van der Waals surface area contributed by atoms with E-state index in [0.29, 0.717) is 22.8 Å². The van der Waals surface area contributed by atoms with Gasteiger partial charge in [-0.25, -0.2) is 9.67 Å². The molecule has 0 atom stereocenters. The summed E-state index contributed by atoms with van der Waals surface area (Å²) in [5.41, 5.74) is 1.16. The van der Waals surface area contributed by atoms with Gasteiger partial charge in [0.2, 0.25) is 0 Å². The minimum Gasteiger partial charge on any atom is -0.507 e. The Morgan fingerprint density at radius 2 is 1.87 bits per heavy atom. The van der Waals surface area contributed by atoms with Gasteiger partial charge < -0.3 is 5.11 Å². The van der Waals surface area contributed by atoms with Gasteiger partial charge in [-0.3, -0.25) is 4.79 Å². The third kappa shape index (κ3) is 3.32. The zero-order valence-corrected chi connectivity index (χ0v) is 14.0. The molecule has 116 valence electrons. The predicted molar refractivity (Wildman–Crippen MR) is 90.3 cm³/mol. The number of benzene rings is 2. The molecule has 0 saturated carbocycles. The van der Waals surface area contributed by atoms with Crippen LogP contribution in [-0.4, -0.2) is 25.7 Å². The molecule has 0 bridgehead atoms. The Balaban J connectivity index is 1.86. The normalized spacial score (nSPS) is 10.7. The molecular formula is C17H14BrN3O2. The summed E-state index contributed by atoms with van der Waals surface area (Å²) in [6.07, 6.45) is 0. The fourth-order valence-electron chi connectivity index (χ4n) is 2.21. The summed E-state index contributed by atoms with van der Waals surface area (Å²) in [4.78, 5) is 16.7. The van der Waals surface area contributed by atoms with Crippen molar-refractivity contribution in [2.75, 3.05) is 0 Å². The van der Waals surface area contributed by atoms with Crippen molar-refractivity contribution in [2.45, 2.75) is 13.5 Å². The van der Waals surface area contributed by atoms with Gasteiger partial charge in [0.15, 0.2) is 11.6 Å². The van der Waals surface area contributed by atoms with Crippen molar-refractivity contribution >= 4 is 21.7 Å². The van der Waals surface area contributed by atoms with Crippen molar-refractivity contribution in [1.29, 1.82) is 0 Å². The van der Waals surface area contributed by atoms with Crippen LogP contribution in [0.15, 0.2) is 53.0 Å². The lowest BCUT2D eigenvalue weighted by Crippen LogP contribution is -2.13. The molecule has 1 N–H and O–H groups in total. The maximum absolute atomic E-state index is 12.3. The number of Topliss-reactive ketones (excluding diaryl/α,β-unsaturated/α-hetero) is 1. The third-order valence-corrected chi connectivity index (χ3v) is 3.99. The van der Waals surface area contributed by atoms with Crippen LogP contribution in [0.3, 0.4) is 0 Å². The molecule has 0 aliphatic rings. The smallest absolute Gasteiger partial charge is 0.185 e. The second-order valence-corrected chi connectivity index (χ2v) is 6.00. The van der Waals surface area contributed by atoms with Crippen LogP contribution in [0.25, 0.3) is 11.4 Å². The average molecular weight is 372 g/mol. The van der Waals surface area contributed by atoms with Gasteiger partial charge in [0, 0.05) is 10.0 Å². The highest BCUT2D eigenvalue weighted by Crippen LogP contribution is 2.25. The molecule has 0 unspecified atom stereocenters. The average Bonchev–Trinajstić information content (AvgIpc) is 2.89. The second kappa shape index (κ2) is 6.34. The zero-order chi connectivity index (χ0) is 16.4. The number of hydrogen-bond donors (Lipinski definition) is 1. The van der Waals surface area contributed by atoms with E-state index in [4.69, 9.17) is 0 Å².